The first-order valence-electron chi connectivity index (χ1n) is 12.0. The number of hydrogen-bond donors (Lipinski definition) is 3. The summed E-state index contributed by atoms with van der Waals surface area (Å²) in [7, 11) is 0. The van der Waals surface area contributed by atoms with Crippen molar-refractivity contribution in [3.63, 3.8) is 0 Å². The highest BCUT2D eigenvalue weighted by Crippen LogP contribution is 2.29. The molecule has 11 heteroatoms. The number of morpholine rings is 1. The van der Waals surface area contributed by atoms with Gasteiger partial charge in [-0.25, -0.2) is 9.97 Å². The number of rotatable bonds is 1. The molecule has 4 bridgehead atoms. The van der Waals surface area contributed by atoms with Crippen LogP contribution in [0.25, 0.3) is 11.3 Å². The molecule has 1 saturated heterocycles. The van der Waals surface area contributed by atoms with Crippen LogP contribution >= 0.6 is 11.8 Å². The van der Waals surface area contributed by atoms with Crippen LogP contribution in [0.3, 0.4) is 0 Å². The van der Waals surface area contributed by atoms with E-state index in [1.165, 1.54) is 11.8 Å². The number of nitrogens with two attached hydrogens (primary N) is 1. The highest BCUT2D eigenvalue weighted by molar-refractivity contribution is 7.99. The lowest BCUT2D eigenvalue weighted by Gasteiger charge is -2.21. The molecule has 2 aliphatic rings. The van der Waals surface area contributed by atoms with Gasteiger partial charge in [-0.1, -0.05) is 6.07 Å². The number of thioether (sulfide) groups is 1. The zero-order valence-electron chi connectivity index (χ0n) is 21.0. The third kappa shape index (κ3) is 7.92. The fourth-order valence-electron chi connectivity index (χ4n) is 3.88. The van der Waals surface area contributed by atoms with Gasteiger partial charge in [0, 0.05) is 49.0 Å². The van der Waals surface area contributed by atoms with E-state index in [2.05, 4.69) is 20.6 Å². The van der Waals surface area contributed by atoms with E-state index in [1.807, 2.05) is 39.0 Å². The van der Waals surface area contributed by atoms with Crippen molar-refractivity contribution in [3.8, 4) is 11.3 Å². The van der Waals surface area contributed by atoms with Gasteiger partial charge in [0.25, 0.3) is 5.91 Å². The lowest BCUT2D eigenvalue weighted by Crippen LogP contribution is -2.36. The van der Waals surface area contributed by atoms with Crippen LogP contribution in [0.4, 0.5) is 5.95 Å². The van der Waals surface area contributed by atoms with Crippen molar-refractivity contribution in [2.45, 2.75) is 44.7 Å². The molecule has 4 N–H and O–H groups in total. The van der Waals surface area contributed by atoms with E-state index in [0.29, 0.717) is 54.6 Å². The molecule has 3 amide bonds. The third-order valence-corrected chi connectivity index (χ3v) is 6.77. The van der Waals surface area contributed by atoms with Crippen molar-refractivity contribution in [3.05, 3.63) is 34.9 Å². The molecule has 1 atom stereocenters. The first-order valence-corrected chi connectivity index (χ1v) is 13.0. The van der Waals surface area contributed by atoms with Crippen molar-refractivity contribution in [1.29, 1.82) is 0 Å². The molecular weight excluding hydrogens is 480 g/mol. The summed E-state index contributed by atoms with van der Waals surface area (Å²) >= 11 is 1.47. The summed E-state index contributed by atoms with van der Waals surface area (Å²) in [5, 5.41) is 6.61. The van der Waals surface area contributed by atoms with Crippen LogP contribution in [0.2, 0.25) is 0 Å². The van der Waals surface area contributed by atoms with Crippen molar-refractivity contribution >= 4 is 35.9 Å². The van der Waals surface area contributed by atoms with Crippen LogP contribution in [0.15, 0.2) is 23.2 Å². The topological polar surface area (TPSA) is 140 Å². The van der Waals surface area contributed by atoms with E-state index in [0.717, 1.165) is 36.2 Å². The molecule has 0 radical (unpaired) electrons. The van der Waals surface area contributed by atoms with Gasteiger partial charge >= 0.3 is 0 Å². The summed E-state index contributed by atoms with van der Waals surface area (Å²) in [5.74, 6) is 0.618. The Morgan fingerprint density at radius 1 is 1.11 bits per heavy atom. The second-order valence-corrected chi connectivity index (χ2v) is 9.91. The number of amides is 3. The van der Waals surface area contributed by atoms with Gasteiger partial charge in [-0.3, -0.25) is 14.4 Å². The van der Waals surface area contributed by atoms with Crippen LogP contribution in [0.1, 0.15) is 41.3 Å². The monoisotopic (exact) mass is 514 g/mol. The molecule has 2 aliphatic heterocycles. The lowest BCUT2D eigenvalue weighted by molar-refractivity contribution is -0.122. The largest absolute Gasteiger partial charge is 0.378 e. The molecular formula is C25H34N6O4S. The van der Waals surface area contributed by atoms with Crippen molar-refractivity contribution in [1.82, 2.24) is 25.5 Å². The molecule has 0 saturated carbocycles. The number of nitrogens with zero attached hydrogens (tertiary/aromatic N) is 3. The molecule has 1 unspecified atom stereocenters. The zero-order valence-corrected chi connectivity index (χ0v) is 21.8. The first-order chi connectivity index (χ1) is 17.3. The Labute approximate surface area is 215 Å². The van der Waals surface area contributed by atoms with Gasteiger partial charge in [-0.05, 0) is 50.5 Å². The number of aromatic nitrogens is 2. The lowest BCUT2D eigenvalue weighted by atomic mass is 9.97. The molecule has 1 aromatic heterocycles. The summed E-state index contributed by atoms with van der Waals surface area (Å²) in [5.41, 5.74) is 9.96. The summed E-state index contributed by atoms with van der Waals surface area (Å²) in [6, 6.07) is 5.70. The van der Waals surface area contributed by atoms with E-state index < -0.39 is 0 Å². The molecule has 0 aliphatic carbocycles. The number of hydrogen-bond acceptors (Lipinski definition) is 8. The second-order valence-electron chi connectivity index (χ2n) is 8.80. The summed E-state index contributed by atoms with van der Waals surface area (Å²) in [4.78, 5) is 45.2. The fourth-order valence-corrected chi connectivity index (χ4v) is 4.72. The average molecular weight is 515 g/mol. The number of carbonyl (C=O) groups excluding carboxylic acids is 3. The summed E-state index contributed by atoms with van der Waals surface area (Å²) in [6.07, 6.45) is 1.91. The van der Waals surface area contributed by atoms with E-state index in [4.69, 9.17) is 10.5 Å². The highest BCUT2D eigenvalue weighted by Gasteiger charge is 2.16. The van der Waals surface area contributed by atoms with Gasteiger partial charge in [0.1, 0.15) is 5.03 Å². The first kappa shape index (κ1) is 27.4. The van der Waals surface area contributed by atoms with Crippen LogP contribution in [0.5, 0.6) is 0 Å². The van der Waals surface area contributed by atoms with Crippen LogP contribution in [-0.2, 0) is 14.3 Å². The number of nitrogens with one attached hydrogen (secondary N) is 2. The summed E-state index contributed by atoms with van der Waals surface area (Å²) < 4.78 is 5.00. The maximum atomic E-state index is 12.7. The van der Waals surface area contributed by atoms with Gasteiger partial charge in [0.2, 0.25) is 18.3 Å². The Morgan fingerprint density at radius 3 is 2.53 bits per heavy atom. The number of carbonyl (C=O) groups is 3. The second kappa shape index (κ2) is 13.2. The number of nitrogen functional groups attached to an aromatic ring is 1. The Morgan fingerprint density at radius 2 is 1.83 bits per heavy atom. The maximum absolute atomic E-state index is 12.7. The Kier molecular flexibility index (Phi) is 10.1. The Hall–Kier alpha value is -3.18. The molecule has 3 heterocycles. The predicted octanol–water partition coefficient (Wildman–Crippen LogP) is 1.94. The maximum Gasteiger partial charge on any atom is 0.251 e. The quantitative estimate of drug-likeness (QED) is 0.388. The summed E-state index contributed by atoms with van der Waals surface area (Å²) in [6.45, 7) is 9.22. The molecule has 194 valence electrons. The van der Waals surface area contributed by atoms with Gasteiger partial charge < -0.3 is 26.0 Å². The van der Waals surface area contributed by atoms with Crippen molar-refractivity contribution in [2.24, 2.45) is 0 Å². The van der Waals surface area contributed by atoms with Crippen LogP contribution in [0, 0.1) is 13.8 Å². The van der Waals surface area contributed by atoms with Crippen molar-refractivity contribution in [2.75, 3.05) is 44.3 Å². The van der Waals surface area contributed by atoms with Crippen LogP contribution < -0.4 is 16.4 Å². The smallest absolute Gasteiger partial charge is 0.251 e. The Bertz CT molecular complexity index is 1090. The minimum absolute atomic E-state index is 0.0123. The van der Waals surface area contributed by atoms with Gasteiger partial charge in [0.15, 0.2) is 0 Å². The number of aryl methyl sites for hydroxylation is 2. The van der Waals surface area contributed by atoms with Gasteiger partial charge in [-0.15, -0.1) is 11.8 Å². The molecule has 36 heavy (non-hydrogen) atoms. The average Bonchev–Trinajstić information content (AvgIpc) is 2.84. The zero-order chi connectivity index (χ0) is 26.1. The number of anilines is 1. The normalized spacial score (nSPS) is 18.9. The van der Waals surface area contributed by atoms with E-state index >= 15 is 0 Å². The van der Waals surface area contributed by atoms with Gasteiger partial charge in [0.05, 0.1) is 18.9 Å². The van der Waals surface area contributed by atoms with E-state index in [-0.39, 0.29) is 23.8 Å². The molecule has 10 nitrogen and oxygen atoms in total. The van der Waals surface area contributed by atoms with E-state index in [9.17, 15) is 14.4 Å². The third-order valence-electron chi connectivity index (χ3n) is 5.86. The molecule has 1 aromatic carbocycles. The minimum atomic E-state index is -0.138. The molecule has 0 spiro atoms. The molecule has 4 rings (SSSR count). The van der Waals surface area contributed by atoms with Gasteiger partial charge in [-0.2, -0.15) is 0 Å². The highest BCUT2D eigenvalue weighted by atomic mass is 32.2. The number of fused-ring (bicyclic) bond motifs is 5. The minimum Gasteiger partial charge on any atom is -0.378 e. The predicted molar refractivity (Wildman–Crippen MR) is 140 cm³/mol. The van der Waals surface area contributed by atoms with Crippen LogP contribution in [-0.4, -0.2) is 77.7 Å². The van der Waals surface area contributed by atoms with Crippen molar-refractivity contribution < 1.29 is 19.1 Å². The standard InChI is InChI=1S/C20H25N5O2S.C5H9NO2/c1-11-8-12(2)15-9-14(11)16-10-18(25-20(21)24-16)28-7-5-17(26)23-13(3)4-6-22-19(15)27;7-5-6-1-3-8-4-2-6/h8-10,13H,4-7H2,1-3H3,(H,22,27)(H,23,26)(H2,21,24,25);5H,1-4H2. The Balaban J connectivity index is 0.000000383. The number of benzene rings is 1. The molecule has 2 aromatic rings. The molecule has 1 fully saturated rings. The number of ether oxygens (including phenoxy) is 1. The van der Waals surface area contributed by atoms with E-state index in [1.54, 1.807) is 4.90 Å². The fraction of sp³-hybridized carbons (Fsp3) is 0.480. The SMILES string of the molecule is Cc1cc(C)c2cc1C(=O)NCCC(C)NC(=O)CCSc1cc-2nc(N)n1.O=CN1CCOCC1.